The quantitative estimate of drug-likeness (QED) is 0.401. The Morgan fingerprint density at radius 1 is 0.829 bits per heavy atom. The zero-order valence-corrected chi connectivity index (χ0v) is 18.8. The third-order valence-corrected chi connectivity index (χ3v) is 5.78. The summed E-state index contributed by atoms with van der Waals surface area (Å²) in [6.07, 6.45) is 1.70. The third kappa shape index (κ3) is 5.11. The number of hydrogen-bond acceptors (Lipinski definition) is 5. The lowest BCUT2D eigenvalue weighted by Gasteiger charge is -2.34. The topological polar surface area (TPSA) is 58.6 Å². The molecule has 5 rings (SSSR count). The molecule has 0 saturated carbocycles. The summed E-state index contributed by atoms with van der Waals surface area (Å²) in [6.45, 7) is 1.67. The summed E-state index contributed by atoms with van der Waals surface area (Å²) >= 11 is 0. The first-order valence-electron chi connectivity index (χ1n) is 11.2. The van der Waals surface area contributed by atoms with Crippen LogP contribution in [0.25, 0.3) is 11.3 Å². The fraction of sp³-hybridized carbons (Fsp3) is 0.148. The number of carbonyl (C=O) groups excluding carboxylic acids is 1. The Balaban J connectivity index is 1.24. The number of piperazine rings is 1. The molecular formula is C27H22F2N4O2. The van der Waals surface area contributed by atoms with E-state index in [9.17, 15) is 13.6 Å². The Morgan fingerprint density at radius 3 is 2.29 bits per heavy atom. The summed E-state index contributed by atoms with van der Waals surface area (Å²) in [5.41, 5.74) is 1.43. The minimum absolute atomic E-state index is 0.253. The highest BCUT2D eigenvalue weighted by atomic mass is 19.1. The van der Waals surface area contributed by atoms with Gasteiger partial charge in [0.25, 0.3) is 5.91 Å². The molecule has 0 spiro atoms. The van der Waals surface area contributed by atoms with Crippen LogP contribution in [0.4, 0.5) is 14.7 Å². The number of benzene rings is 3. The van der Waals surface area contributed by atoms with Crippen molar-refractivity contribution in [1.82, 2.24) is 14.9 Å². The van der Waals surface area contributed by atoms with Crippen LogP contribution in [0, 0.1) is 11.6 Å². The highest BCUT2D eigenvalue weighted by Crippen LogP contribution is 2.26. The molecule has 1 aromatic heterocycles. The minimum Gasteiger partial charge on any atom is -0.457 e. The largest absolute Gasteiger partial charge is 0.457 e. The molecule has 0 radical (unpaired) electrons. The molecule has 1 aliphatic rings. The Morgan fingerprint density at radius 2 is 1.54 bits per heavy atom. The number of aromatic nitrogens is 2. The molecule has 0 aliphatic carbocycles. The predicted molar refractivity (Wildman–Crippen MR) is 128 cm³/mol. The Hall–Kier alpha value is -4.33. The van der Waals surface area contributed by atoms with Crippen molar-refractivity contribution in [3.63, 3.8) is 0 Å². The molecule has 1 fully saturated rings. The molecule has 0 atom stereocenters. The predicted octanol–water partition coefficient (Wildman–Crippen LogP) is 5.18. The summed E-state index contributed by atoms with van der Waals surface area (Å²) in [7, 11) is 0. The highest BCUT2D eigenvalue weighted by Gasteiger charge is 2.25. The van der Waals surface area contributed by atoms with Crippen molar-refractivity contribution in [1.29, 1.82) is 0 Å². The molecule has 176 valence electrons. The molecule has 0 bridgehead atoms. The van der Waals surface area contributed by atoms with Gasteiger partial charge in [-0.3, -0.25) is 4.79 Å². The number of rotatable bonds is 5. The van der Waals surface area contributed by atoms with Crippen LogP contribution in [0.15, 0.2) is 85.1 Å². The molecule has 1 saturated heterocycles. The van der Waals surface area contributed by atoms with Gasteiger partial charge in [0.15, 0.2) is 0 Å². The Labute approximate surface area is 201 Å². The number of carbonyl (C=O) groups is 1. The number of ether oxygens (including phenoxy) is 1. The zero-order valence-electron chi connectivity index (χ0n) is 18.8. The lowest BCUT2D eigenvalue weighted by molar-refractivity contribution is 0.0741. The van der Waals surface area contributed by atoms with E-state index in [1.54, 1.807) is 6.20 Å². The number of anilines is 1. The summed E-state index contributed by atoms with van der Waals surface area (Å²) in [4.78, 5) is 25.2. The highest BCUT2D eigenvalue weighted by molar-refractivity contribution is 5.94. The molecule has 35 heavy (non-hydrogen) atoms. The minimum atomic E-state index is -0.727. The molecule has 4 aromatic rings. The molecule has 0 N–H and O–H groups in total. The van der Waals surface area contributed by atoms with Gasteiger partial charge in [0.1, 0.15) is 23.1 Å². The summed E-state index contributed by atoms with van der Waals surface area (Å²) in [5, 5.41) is 0. The first kappa shape index (κ1) is 22.5. The van der Waals surface area contributed by atoms with E-state index >= 15 is 0 Å². The van der Waals surface area contributed by atoms with E-state index in [4.69, 9.17) is 9.72 Å². The van der Waals surface area contributed by atoms with Crippen LogP contribution in [-0.2, 0) is 0 Å². The van der Waals surface area contributed by atoms with Gasteiger partial charge in [0, 0.05) is 37.9 Å². The third-order valence-electron chi connectivity index (χ3n) is 5.78. The molecule has 1 aliphatic heterocycles. The van der Waals surface area contributed by atoms with E-state index in [0.29, 0.717) is 32.1 Å². The number of para-hydroxylation sites is 1. The summed E-state index contributed by atoms with van der Waals surface area (Å²) < 4.78 is 33.3. The molecule has 2 heterocycles. The van der Waals surface area contributed by atoms with Crippen LogP contribution in [0.3, 0.4) is 0 Å². The van der Waals surface area contributed by atoms with E-state index < -0.39 is 17.5 Å². The lowest BCUT2D eigenvalue weighted by atomic mass is 10.1. The van der Waals surface area contributed by atoms with Crippen LogP contribution >= 0.6 is 0 Å². The van der Waals surface area contributed by atoms with E-state index in [2.05, 4.69) is 4.98 Å². The SMILES string of the molecule is O=C(c1cc(F)ccc1F)N1CCN(c2nccc(-c3ccc(Oc4ccccc4)cc3)n2)CC1. The van der Waals surface area contributed by atoms with Gasteiger partial charge >= 0.3 is 0 Å². The van der Waals surface area contributed by atoms with Gasteiger partial charge in [-0.25, -0.2) is 18.7 Å². The maximum Gasteiger partial charge on any atom is 0.257 e. The molecule has 0 unspecified atom stereocenters. The Kier molecular flexibility index (Phi) is 6.34. The average molecular weight is 472 g/mol. The molecular weight excluding hydrogens is 450 g/mol. The molecule has 3 aromatic carbocycles. The van der Waals surface area contributed by atoms with Crippen molar-refractivity contribution in [2.45, 2.75) is 0 Å². The standard InChI is InChI=1S/C27H22F2N4O2/c28-20-8-11-24(29)23(18-20)26(34)32-14-16-33(17-15-32)27-30-13-12-25(31-27)19-6-9-22(10-7-19)35-21-4-2-1-3-5-21/h1-13,18H,14-17H2. The van der Waals surface area contributed by atoms with Gasteiger partial charge in [-0.05, 0) is 60.7 Å². The lowest BCUT2D eigenvalue weighted by Crippen LogP contribution is -2.49. The van der Waals surface area contributed by atoms with Crippen molar-refractivity contribution < 1.29 is 18.3 Å². The molecule has 1 amide bonds. The molecule has 8 heteroatoms. The maximum atomic E-state index is 14.0. The maximum absolute atomic E-state index is 14.0. The second kappa shape index (κ2) is 9.89. The second-order valence-electron chi connectivity index (χ2n) is 8.08. The van der Waals surface area contributed by atoms with Gasteiger partial charge in [0.05, 0.1) is 11.3 Å². The zero-order chi connectivity index (χ0) is 24.2. The number of halogens is 2. The number of hydrogen-bond donors (Lipinski definition) is 0. The van der Waals surface area contributed by atoms with Gasteiger partial charge in [-0.15, -0.1) is 0 Å². The van der Waals surface area contributed by atoms with Crippen molar-refractivity contribution >= 4 is 11.9 Å². The smallest absolute Gasteiger partial charge is 0.257 e. The van der Waals surface area contributed by atoms with Gasteiger partial charge in [0.2, 0.25) is 5.95 Å². The van der Waals surface area contributed by atoms with E-state index in [0.717, 1.165) is 41.0 Å². The van der Waals surface area contributed by atoms with E-state index in [1.165, 1.54) is 4.90 Å². The van der Waals surface area contributed by atoms with Crippen molar-refractivity contribution in [3.05, 3.63) is 102 Å². The number of amides is 1. The van der Waals surface area contributed by atoms with Crippen LogP contribution in [0.1, 0.15) is 10.4 Å². The fourth-order valence-electron chi connectivity index (χ4n) is 3.92. The monoisotopic (exact) mass is 472 g/mol. The van der Waals surface area contributed by atoms with E-state index in [1.807, 2.05) is 65.6 Å². The van der Waals surface area contributed by atoms with Crippen LogP contribution in [-0.4, -0.2) is 47.0 Å². The summed E-state index contributed by atoms with van der Waals surface area (Å²) in [5.74, 6) is 0.158. The van der Waals surface area contributed by atoms with Gasteiger partial charge in [-0.1, -0.05) is 18.2 Å². The Bertz CT molecular complexity index is 1320. The molecule has 6 nitrogen and oxygen atoms in total. The fourth-order valence-corrected chi connectivity index (χ4v) is 3.92. The first-order valence-corrected chi connectivity index (χ1v) is 11.2. The first-order chi connectivity index (χ1) is 17.1. The van der Waals surface area contributed by atoms with Crippen LogP contribution in [0.2, 0.25) is 0 Å². The average Bonchev–Trinajstić information content (AvgIpc) is 2.91. The van der Waals surface area contributed by atoms with E-state index in [-0.39, 0.29) is 5.56 Å². The second-order valence-corrected chi connectivity index (χ2v) is 8.08. The van der Waals surface area contributed by atoms with Crippen molar-refractivity contribution in [3.8, 4) is 22.8 Å². The number of nitrogens with zero attached hydrogens (tertiary/aromatic N) is 4. The van der Waals surface area contributed by atoms with Crippen molar-refractivity contribution in [2.24, 2.45) is 0 Å². The normalized spacial score (nSPS) is 13.5. The van der Waals surface area contributed by atoms with Gasteiger partial charge in [-0.2, -0.15) is 0 Å². The summed E-state index contributed by atoms with van der Waals surface area (Å²) in [6, 6.07) is 22.0. The van der Waals surface area contributed by atoms with Crippen molar-refractivity contribution in [2.75, 3.05) is 31.1 Å². The van der Waals surface area contributed by atoms with Gasteiger partial charge < -0.3 is 14.5 Å². The van der Waals surface area contributed by atoms with Crippen LogP contribution in [0.5, 0.6) is 11.5 Å². The van der Waals surface area contributed by atoms with Crippen LogP contribution < -0.4 is 9.64 Å².